The Morgan fingerprint density at radius 3 is 2.18 bits per heavy atom. The average Bonchev–Trinajstić information content (AvgIpc) is 3.07. The van der Waals surface area contributed by atoms with E-state index in [2.05, 4.69) is 5.10 Å². The van der Waals surface area contributed by atoms with E-state index in [1.165, 1.54) is 15.1 Å². The van der Waals surface area contributed by atoms with Crippen molar-refractivity contribution in [2.24, 2.45) is 0 Å². The molecule has 0 aliphatic carbocycles. The quantitative estimate of drug-likeness (QED) is 0.582. The highest BCUT2D eigenvalue weighted by Crippen LogP contribution is 2.24. The Morgan fingerprint density at radius 2 is 1.58 bits per heavy atom. The van der Waals surface area contributed by atoms with Crippen molar-refractivity contribution in [1.82, 2.24) is 19.0 Å². The molecule has 3 aromatic rings. The van der Waals surface area contributed by atoms with Gasteiger partial charge in [-0.3, -0.25) is 4.79 Å². The van der Waals surface area contributed by atoms with Crippen LogP contribution in [0.4, 0.5) is 8.78 Å². The number of nitrogens with zero attached hydrogens (tertiary/aromatic N) is 4. The van der Waals surface area contributed by atoms with E-state index in [0.29, 0.717) is 17.0 Å². The summed E-state index contributed by atoms with van der Waals surface area (Å²) in [6, 6.07) is 9.83. The maximum Gasteiger partial charge on any atom is 0.257 e. The smallest absolute Gasteiger partial charge is 0.257 e. The molecule has 4 rings (SSSR count). The molecule has 0 saturated carbocycles. The Morgan fingerprint density at radius 1 is 0.939 bits per heavy atom. The Labute approximate surface area is 191 Å². The SMILES string of the molecule is Cc1ccc(S(=O)(=O)N2CCN(C(=O)c3c(C)nn(-c4ccc(F)cc4F)c3C)CC2)cc1. The monoisotopic (exact) mass is 474 g/mol. The number of hydrogen-bond acceptors (Lipinski definition) is 4. The van der Waals surface area contributed by atoms with Gasteiger partial charge in [0.25, 0.3) is 5.91 Å². The van der Waals surface area contributed by atoms with Gasteiger partial charge in [-0.2, -0.15) is 9.40 Å². The minimum atomic E-state index is -3.64. The predicted molar refractivity (Wildman–Crippen MR) is 119 cm³/mol. The second-order valence-corrected chi connectivity index (χ2v) is 10.0. The third-order valence-corrected chi connectivity index (χ3v) is 7.74. The molecule has 2 aromatic carbocycles. The van der Waals surface area contributed by atoms with Crippen LogP contribution < -0.4 is 0 Å². The Bertz CT molecular complexity index is 1310. The maximum absolute atomic E-state index is 14.3. The minimum Gasteiger partial charge on any atom is -0.336 e. The van der Waals surface area contributed by atoms with Gasteiger partial charge >= 0.3 is 0 Å². The third kappa shape index (κ3) is 4.28. The summed E-state index contributed by atoms with van der Waals surface area (Å²) in [6.45, 7) is 5.96. The van der Waals surface area contributed by atoms with E-state index >= 15 is 0 Å². The van der Waals surface area contributed by atoms with Crippen LogP contribution in [0.3, 0.4) is 0 Å². The van der Waals surface area contributed by atoms with Gasteiger partial charge in [-0.1, -0.05) is 17.7 Å². The first-order valence-corrected chi connectivity index (χ1v) is 11.9. The lowest BCUT2D eigenvalue weighted by Crippen LogP contribution is -2.50. The van der Waals surface area contributed by atoms with Crippen molar-refractivity contribution in [3.63, 3.8) is 0 Å². The zero-order valence-electron chi connectivity index (χ0n) is 18.5. The molecule has 0 radical (unpaired) electrons. The number of aryl methyl sites for hydroxylation is 2. The van der Waals surface area contributed by atoms with Gasteiger partial charge in [0.15, 0.2) is 5.82 Å². The molecular weight excluding hydrogens is 450 g/mol. The molecule has 174 valence electrons. The van der Waals surface area contributed by atoms with Crippen LogP contribution in [0.15, 0.2) is 47.4 Å². The fraction of sp³-hybridized carbons (Fsp3) is 0.304. The number of rotatable bonds is 4. The topological polar surface area (TPSA) is 75.5 Å². The lowest BCUT2D eigenvalue weighted by Gasteiger charge is -2.34. The molecule has 1 aliphatic heterocycles. The fourth-order valence-electron chi connectivity index (χ4n) is 3.99. The number of aromatic nitrogens is 2. The standard InChI is InChI=1S/C23H24F2N4O3S/c1-15-4-7-19(8-5-15)33(31,32)28-12-10-27(11-13-28)23(30)22-16(2)26-29(17(22)3)21-9-6-18(24)14-20(21)25/h4-9,14H,10-13H2,1-3H3. The van der Waals surface area contributed by atoms with Crippen LogP contribution in [-0.2, 0) is 10.0 Å². The van der Waals surface area contributed by atoms with E-state index in [9.17, 15) is 22.0 Å². The molecule has 33 heavy (non-hydrogen) atoms. The maximum atomic E-state index is 14.3. The Kier molecular flexibility index (Phi) is 6.06. The number of carbonyl (C=O) groups is 1. The number of carbonyl (C=O) groups excluding carboxylic acids is 1. The van der Waals surface area contributed by atoms with Crippen LogP contribution in [0, 0.1) is 32.4 Å². The van der Waals surface area contributed by atoms with Gasteiger partial charge < -0.3 is 4.90 Å². The Balaban J connectivity index is 1.52. The van der Waals surface area contributed by atoms with Gasteiger partial charge in [0.1, 0.15) is 11.5 Å². The van der Waals surface area contributed by atoms with Crippen molar-refractivity contribution >= 4 is 15.9 Å². The summed E-state index contributed by atoms with van der Waals surface area (Å²) >= 11 is 0. The summed E-state index contributed by atoms with van der Waals surface area (Å²) < 4.78 is 56.0. The highest BCUT2D eigenvalue weighted by molar-refractivity contribution is 7.89. The van der Waals surface area contributed by atoms with Crippen molar-refractivity contribution in [3.05, 3.63) is 76.6 Å². The largest absolute Gasteiger partial charge is 0.336 e. The van der Waals surface area contributed by atoms with Crippen molar-refractivity contribution in [1.29, 1.82) is 0 Å². The molecular formula is C23H24F2N4O3S. The summed E-state index contributed by atoms with van der Waals surface area (Å²) in [5.74, 6) is -1.78. The lowest BCUT2D eigenvalue weighted by molar-refractivity contribution is 0.0696. The minimum absolute atomic E-state index is 0.0464. The van der Waals surface area contributed by atoms with E-state index in [0.717, 1.165) is 17.7 Å². The van der Waals surface area contributed by atoms with E-state index in [1.54, 1.807) is 43.0 Å². The number of amides is 1. The number of benzene rings is 2. The molecule has 1 fully saturated rings. The second kappa shape index (κ2) is 8.68. The van der Waals surface area contributed by atoms with Crippen LogP contribution in [-0.4, -0.2) is 59.5 Å². The zero-order valence-corrected chi connectivity index (χ0v) is 19.4. The van der Waals surface area contributed by atoms with Crippen molar-refractivity contribution < 1.29 is 22.0 Å². The zero-order chi connectivity index (χ0) is 23.9. The Hall–Kier alpha value is -3.11. The van der Waals surface area contributed by atoms with Crippen LogP contribution in [0.1, 0.15) is 27.3 Å². The van der Waals surface area contributed by atoms with Gasteiger partial charge in [-0.05, 0) is 45.0 Å². The molecule has 0 unspecified atom stereocenters. The highest BCUT2D eigenvalue weighted by atomic mass is 32.2. The third-order valence-electron chi connectivity index (χ3n) is 5.83. The molecule has 1 aliphatic rings. The lowest BCUT2D eigenvalue weighted by atomic mass is 10.1. The summed E-state index contributed by atoms with van der Waals surface area (Å²) in [5.41, 5.74) is 2.18. The normalized spacial score (nSPS) is 15.1. The average molecular weight is 475 g/mol. The molecule has 0 spiro atoms. The van der Waals surface area contributed by atoms with Crippen LogP contribution in [0.2, 0.25) is 0 Å². The van der Waals surface area contributed by atoms with Gasteiger partial charge in [0.2, 0.25) is 10.0 Å². The molecule has 0 atom stereocenters. The van der Waals surface area contributed by atoms with Crippen molar-refractivity contribution in [3.8, 4) is 5.69 Å². The predicted octanol–water partition coefficient (Wildman–Crippen LogP) is 3.22. The molecule has 1 amide bonds. The van der Waals surface area contributed by atoms with E-state index in [1.807, 2.05) is 6.92 Å². The summed E-state index contributed by atoms with van der Waals surface area (Å²) in [7, 11) is -3.64. The first-order chi connectivity index (χ1) is 15.6. The number of piperazine rings is 1. The van der Waals surface area contributed by atoms with Gasteiger partial charge in [0.05, 0.1) is 21.8 Å². The van der Waals surface area contributed by atoms with Gasteiger partial charge in [-0.25, -0.2) is 21.9 Å². The fourth-order valence-corrected chi connectivity index (χ4v) is 5.41. The van der Waals surface area contributed by atoms with Crippen molar-refractivity contribution in [2.75, 3.05) is 26.2 Å². The van der Waals surface area contributed by atoms with E-state index in [-0.39, 0.29) is 42.7 Å². The van der Waals surface area contributed by atoms with Gasteiger partial charge in [0, 0.05) is 32.2 Å². The number of halogens is 2. The molecule has 1 aromatic heterocycles. The highest BCUT2D eigenvalue weighted by Gasteiger charge is 2.32. The van der Waals surface area contributed by atoms with Crippen LogP contribution >= 0.6 is 0 Å². The molecule has 0 bridgehead atoms. The second-order valence-electron chi connectivity index (χ2n) is 8.06. The van der Waals surface area contributed by atoms with E-state index < -0.39 is 21.7 Å². The molecule has 2 heterocycles. The van der Waals surface area contributed by atoms with Gasteiger partial charge in [-0.15, -0.1) is 0 Å². The summed E-state index contributed by atoms with van der Waals surface area (Å²) in [4.78, 5) is 15.0. The van der Waals surface area contributed by atoms with E-state index in [4.69, 9.17) is 0 Å². The van der Waals surface area contributed by atoms with Crippen molar-refractivity contribution in [2.45, 2.75) is 25.7 Å². The first-order valence-electron chi connectivity index (χ1n) is 10.5. The van der Waals surface area contributed by atoms with Crippen LogP contribution in [0.5, 0.6) is 0 Å². The number of hydrogen-bond donors (Lipinski definition) is 0. The molecule has 1 saturated heterocycles. The summed E-state index contributed by atoms with van der Waals surface area (Å²) in [5, 5.41) is 4.29. The number of sulfonamides is 1. The molecule has 0 N–H and O–H groups in total. The first kappa shape index (κ1) is 23.1. The molecule has 10 heteroatoms. The molecule has 7 nitrogen and oxygen atoms in total. The summed E-state index contributed by atoms with van der Waals surface area (Å²) in [6.07, 6.45) is 0. The van der Waals surface area contributed by atoms with Crippen LogP contribution in [0.25, 0.3) is 5.69 Å².